The van der Waals surface area contributed by atoms with E-state index in [1.807, 2.05) is 6.07 Å². The van der Waals surface area contributed by atoms with Crippen LogP contribution >= 0.6 is 0 Å². The molecule has 2 aromatic carbocycles. The van der Waals surface area contributed by atoms with Crippen LogP contribution in [0.4, 0.5) is 0 Å². The van der Waals surface area contributed by atoms with Gasteiger partial charge in [0, 0.05) is 23.6 Å². The van der Waals surface area contributed by atoms with Gasteiger partial charge in [0.15, 0.2) is 11.5 Å². The Morgan fingerprint density at radius 1 is 1.04 bits per heavy atom. The Morgan fingerprint density at radius 3 is 2.48 bits per heavy atom. The maximum Gasteiger partial charge on any atom is 0.161 e. The molecule has 0 saturated carbocycles. The molecule has 2 aliphatic rings. The lowest BCUT2D eigenvalue weighted by molar-refractivity contribution is 0.227. The van der Waals surface area contributed by atoms with E-state index in [2.05, 4.69) is 48.3 Å². The highest BCUT2D eigenvalue weighted by Crippen LogP contribution is 2.41. The average Bonchev–Trinajstić information content (AvgIpc) is 2.67. The number of benzene rings is 2. The first-order chi connectivity index (χ1) is 12.2. The standard InChI is InChI=1S/C21H24N2O2/c1-23-10-9-18-17(13-23)15-11-19(24-2)20(25-3)12-16(15)21(22-18)14-7-5-4-6-8-14/h4-8,11-12,17-18H,9-10,13H2,1-3H3/t17-,18-/m1/s1. The van der Waals surface area contributed by atoms with Crippen molar-refractivity contribution in [3.8, 4) is 11.5 Å². The summed E-state index contributed by atoms with van der Waals surface area (Å²) in [5, 5.41) is 0. The molecule has 0 aliphatic carbocycles. The number of likely N-dealkylation sites (N-methyl/N-ethyl adjacent to an activating group) is 1. The van der Waals surface area contributed by atoms with Crippen LogP contribution in [0.15, 0.2) is 47.5 Å². The van der Waals surface area contributed by atoms with Crippen LogP contribution in [-0.4, -0.2) is 51.0 Å². The smallest absolute Gasteiger partial charge is 0.161 e. The Labute approximate surface area is 149 Å². The largest absolute Gasteiger partial charge is 0.493 e. The Kier molecular flexibility index (Phi) is 4.22. The first-order valence-corrected chi connectivity index (χ1v) is 8.79. The fraction of sp³-hybridized carbons (Fsp3) is 0.381. The van der Waals surface area contributed by atoms with Gasteiger partial charge in [-0.2, -0.15) is 0 Å². The molecule has 0 unspecified atom stereocenters. The highest BCUT2D eigenvalue weighted by molar-refractivity contribution is 6.15. The van der Waals surface area contributed by atoms with Gasteiger partial charge in [0.25, 0.3) is 0 Å². The van der Waals surface area contributed by atoms with Gasteiger partial charge in [0.2, 0.25) is 0 Å². The Morgan fingerprint density at radius 2 is 1.76 bits per heavy atom. The van der Waals surface area contributed by atoms with E-state index >= 15 is 0 Å². The van der Waals surface area contributed by atoms with E-state index in [1.54, 1.807) is 14.2 Å². The Hall–Kier alpha value is -2.33. The number of likely N-dealkylation sites (tertiary alicyclic amines) is 1. The van der Waals surface area contributed by atoms with Crippen molar-refractivity contribution in [3.63, 3.8) is 0 Å². The molecule has 0 N–H and O–H groups in total. The zero-order valence-corrected chi connectivity index (χ0v) is 15.0. The van der Waals surface area contributed by atoms with Crippen molar-refractivity contribution >= 4 is 5.71 Å². The van der Waals surface area contributed by atoms with Crippen molar-refractivity contribution in [2.75, 3.05) is 34.4 Å². The van der Waals surface area contributed by atoms with Crippen LogP contribution in [0.2, 0.25) is 0 Å². The summed E-state index contributed by atoms with van der Waals surface area (Å²) in [5.41, 5.74) is 4.72. The second-order valence-electron chi connectivity index (χ2n) is 6.86. The van der Waals surface area contributed by atoms with Crippen LogP contribution in [-0.2, 0) is 0 Å². The molecule has 0 amide bonds. The normalized spacial score (nSPS) is 22.6. The van der Waals surface area contributed by atoms with E-state index in [9.17, 15) is 0 Å². The predicted molar refractivity (Wildman–Crippen MR) is 100 cm³/mol. The molecule has 0 radical (unpaired) electrons. The van der Waals surface area contributed by atoms with E-state index in [0.29, 0.717) is 12.0 Å². The lowest BCUT2D eigenvalue weighted by Crippen LogP contribution is -2.41. The van der Waals surface area contributed by atoms with Crippen LogP contribution in [0.5, 0.6) is 11.5 Å². The number of fused-ring (bicyclic) bond motifs is 3. The molecule has 2 heterocycles. The molecule has 0 spiro atoms. The summed E-state index contributed by atoms with van der Waals surface area (Å²) in [7, 11) is 5.57. The van der Waals surface area contributed by atoms with Gasteiger partial charge < -0.3 is 14.4 Å². The average molecular weight is 336 g/mol. The van der Waals surface area contributed by atoms with Gasteiger partial charge >= 0.3 is 0 Å². The zero-order valence-electron chi connectivity index (χ0n) is 15.0. The fourth-order valence-electron chi connectivity index (χ4n) is 4.03. The van der Waals surface area contributed by atoms with Crippen molar-refractivity contribution in [3.05, 3.63) is 59.2 Å². The van der Waals surface area contributed by atoms with Gasteiger partial charge in [-0.3, -0.25) is 4.99 Å². The van der Waals surface area contributed by atoms with Crippen LogP contribution in [0.1, 0.15) is 29.0 Å². The maximum atomic E-state index is 5.57. The summed E-state index contributed by atoms with van der Waals surface area (Å²) < 4.78 is 11.1. The minimum absolute atomic E-state index is 0.331. The quantitative estimate of drug-likeness (QED) is 0.862. The van der Waals surface area contributed by atoms with Gasteiger partial charge in [0.05, 0.1) is 26.0 Å². The molecule has 4 heteroatoms. The van der Waals surface area contributed by atoms with Crippen LogP contribution in [0.3, 0.4) is 0 Å². The summed E-state index contributed by atoms with van der Waals surface area (Å²) in [6.07, 6.45) is 1.09. The number of hydrogen-bond acceptors (Lipinski definition) is 4. The van der Waals surface area contributed by atoms with Crippen molar-refractivity contribution in [1.29, 1.82) is 0 Å². The first kappa shape index (κ1) is 16.2. The van der Waals surface area contributed by atoms with Gasteiger partial charge in [-0.15, -0.1) is 0 Å². The molecular formula is C21H24N2O2. The van der Waals surface area contributed by atoms with Crippen LogP contribution in [0, 0.1) is 0 Å². The Balaban J connectivity index is 1.90. The summed E-state index contributed by atoms with van der Waals surface area (Å²) in [4.78, 5) is 7.57. The molecule has 2 aliphatic heterocycles. The fourth-order valence-corrected chi connectivity index (χ4v) is 4.03. The number of aliphatic imine (C=N–C) groups is 1. The SMILES string of the molecule is COc1cc2c(cc1OC)[C@H]1CN(C)CC[C@H]1N=C2c1ccccc1. The molecule has 0 aromatic heterocycles. The molecule has 0 bridgehead atoms. The minimum Gasteiger partial charge on any atom is -0.493 e. The Bertz CT molecular complexity index is 801. The van der Waals surface area contributed by atoms with E-state index in [4.69, 9.17) is 14.5 Å². The summed E-state index contributed by atoms with van der Waals surface area (Å²) in [5.74, 6) is 1.95. The van der Waals surface area contributed by atoms with E-state index in [0.717, 1.165) is 42.3 Å². The van der Waals surface area contributed by atoms with Gasteiger partial charge in [-0.1, -0.05) is 30.3 Å². The van der Waals surface area contributed by atoms with Crippen molar-refractivity contribution in [2.24, 2.45) is 4.99 Å². The number of nitrogens with zero attached hydrogens (tertiary/aromatic N) is 2. The topological polar surface area (TPSA) is 34.1 Å². The van der Waals surface area contributed by atoms with E-state index in [-0.39, 0.29) is 0 Å². The first-order valence-electron chi connectivity index (χ1n) is 8.79. The number of ether oxygens (including phenoxy) is 2. The van der Waals surface area contributed by atoms with Crippen molar-refractivity contribution in [1.82, 2.24) is 4.90 Å². The molecule has 2 atom stereocenters. The molecule has 1 saturated heterocycles. The zero-order chi connectivity index (χ0) is 17.4. The van der Waals surface area contributed by atoms with Crippen molar-refractivity contribution in [2.45, 2.75) is 18.4 Å². The molecule has 4 rings (SSSR count). The molecule has 25 heavy (non-hydrogen) atoms. The maximum absolute atomic E-state index is 5.57. The number of piperidine rings is 1. The van der Waals surface area contributed by atoms with Crippen LogP contribution < -0.4 is 9.47 Å². The summed E-state index contributed by atoms with van der Waals surface area (Å²) >= 11 is 0. The van der Waals surface area contributed by atoms with Crippen molar-refractivity contribution < 1.29 is 9.47 Å². The van der Waals surface area contributed by atoms with Gasteiger partial charge in [-0.25, -0.2) is 0 Å². The molecule has 130 valence electrons. The molecule has 1 fully saturated rings. The second kappa shape index (κ2) is 6.52. The third-order valence-corrected chi connectivity index (χ3v) is 5.33. The van der Waals surface area contributed by atoms with E-state index in [1.165, 1.54) is 11.1 Å². The minimum atomic E-state index is 0.331. The number of rotatable bonds is 3. The molecule has 4 nitrogen and oxygen atoms in total. The van der Waals surface area contributed by atoms with E-state index < -0.39 is 0 Å². The molecular weight excluding hydrogens is 312 g/mol. The lowest BCUT2D eigenvalue weighted by atomic mass is 9.79. The highest BCUT2D eigenvalue weighted by atomic mass is 16.5. The third kappa shape index (κ3) is 2.81. The molecule has 2 aromatic rings. The number of hydrogen-bond donors (Lipinski definition) is 0. The summed E-state index contributed by atoms with van der Waals surface area (Å²) in [6, 6.07) is 15.0. The van der Waals surface area contributed by atoms with Gasteiger partial charge in [0.1, 0.15) is 0 Å². The number of methoxy groups -OCH3 is 2. The predicted octanol–water partition coefficient (Wildman–Crippen LogP) is 3.34. The third-order valence-electron chi connectivity index (χ3n) is 5.33. The monoisotopic (exact) mass is 336 g/mol. The van der Waals surface area contributed by atoms with Crippen LogP contribution in [0.25, 0.3) is 0 Å². The lowest BCUT2D eigenvalue weighted by Gasteiger charge is -2.39. The highest BCUT2D eigenvalue weighted by Gasteiger charge is 2.36. The second-order valence-corrected chi connectivity index (χ2v) is 6.86. The van der Waals surface area contributed by atoms with Gasteiger partial charge in [-0.05, 0) is 37.7 Å². The summed E-state index contributed by atoms with van der Waals surface area (Å²) in [6.45, 7) is 2.12.